The Hall–Kier alpha value is -0.673. The lowest BCUT2D eigenvalue weighted by atomic mass is 9.71. The Labute approximate surface area is 178 Å². The quantitative estimate of drug-likeness (QED) is 0.365. The number of hydrogen-bond acceptors (Lipinski definition) is 5. The molecule has 2 aliphatic rings. The van der Waals surface area contributed by atoms with Gasteiger partial charge in [-0.25, -0.2) is 4.79 Å². The third-order valence-corrected chi connectivity index (χ3v) is 10.3. The highest BCUT2D eigenvalue weighted by molar-refractivity contribution is 6.61. The van der Waals surface area contributed by atoms with Crippen molar-refractivity contribution in [2.24, 2.45) is 17.6 Å². The van der Waals surface area contributed by atoms with E-state index >= 15 is 0 Å². The Balaban J connectivity index is 1.78. The van der Waals surface area contributed by atoms with Gasteiger partial charge in [-0.2, -0.15) is 0 Å². The first-order valence-electron chi connectivity index (χ1n) is 11.4. The van der Waals surface area contributed by atoms with Gasteiger partial charge >= 0.3 is 14.8 Å². The van der Waals surface area contributed by atoms with Crippen LogP contribution in [0.2, 0.25) is 6.04 Å². The van der Waals surface area contributed by atoms with Crippen molar-refractivity contribution in [1.29, 1.82) is 0 Å². The average Bonchev–Trinajstić information content (AvgIpc) is 2.64. The van der Waals surface area contributed by atoms with Gasteiger partial charge in [0.05, 0.1) is 17.3 Å². The van der Waals surface area contributed by atoms with E-state index in [2.05, 4.69) is 52.2 Å². The van der Waals surface area contributed by atoms with Crippen molar-refractivity contribution in [1.82, 2.24) is 10.6 Å². The third-order valence-electron chi connectivity index (χ3n) is 7.03. The lowest BCUT2D eigenvalue weighted by Gasteiger charge is -2.62. The monoisotopic (exact) mass is 429 g/mol. The van der Waals surface area contributed by atoms with Gasteiger partial charge in [0.25, 0.3) is 0 Å². The zero-order valence-electron chi connectivity index (χ0n) is 19.3. The standard InChI is InChI=1S/C21H43N3O4Si/c1-16-17(2)26-29(27-20(4,5)18(3)21(16,6)28-29)15-11-14-24-19(25)23-13-10-8-7-9-12-22/h16-18H,7-15,22H2,1-6H3,(H2,23,24,25)/t16?,17-,18?,21-,29?/m0/s1. The summed E-state index contributed by atoms with van der Waals surface area (Å²) in [7, 11) is -2.79. The van der Waals surface area contributed by atoms with E-state index in [0.717, 1.165) is 44.7 Å². The lowest BCUT2D eigenvalue weighted by Crippen LogP contribution is -2.73. The van der Waals surface area contributed by atoms with Gasteiger partial charge in [-0.3, -0.25) is 0 Å². The summed E-state index contributed by atoms with van der Waals surface area (Å²) in [5.41, 5.74) is 4.94. The van der Waals surface area contributed by atoms with Crippen LogP contribution >= 0.6 is 0 Å². The van der Waals surface area contributed by atoms with E-state index in [1.807, 2.05) is 0 Å². The van der Waals surface area contributed by atoms with Crippen LogP contribution in [0.5, 0.6) is 0 Å². The van der Waals surface area contributed by atoms with Crippen LogP contribution in [-0.2, 0) is 13.3 Å². The van der Waals surface area contributed by atoms with Gasteiger partial charge in [0.2, 0.25) is 0 Å². The molecule has 0 aromatic heterocycles. The molecule has 0 aromatic rings. The molecule has 0 radical (unpaired) electrons. The first kappa shape index (κ1) is 24.6. The molecule has 2 rings (SSSR count). The van der Waals surface area contributed by atoms with Crippen LogP contribution in [0, 0.1) is 11.8 Å². The smallest absolute Gasteiger partial charge is 0.370 e. The van der Waals surface area contributed by atoms with E-state index in [1.54, 1.807) is 0 Å². The predicted molar refractivity (Wildman–Crippen MR) is 118 cm³/mol. The van der Waals surface area contributed by atoms with E-state index in [-0.39, 0.29) is 29.3 Å². The fourth-order valence-electron chi connectivity index (χ4n) is 4.57. The summed E-state index contributed by atoms with van der Waals surface area (Å²) >= 11 is 0. The third kappa shape index (κ3) is 5.94. The maximum absolute atomic E-state index is 12.0. The Morgan fingerprint density at radius 2 is 1.59 bits per heavy atom. The molecule has 170 valence electrons. The zero-order valence-corrected chi connectivity index (χ0v) is 20.3. The van der Waals surface area contributed by atoms with E-state index in [0.29, 0.717) is 19.0 Å². The number of carbonyl (C=O) groups excluding carboxylic acids is 1. The van der Waals surface area contributed by atoms with Gasteiger partial charge in [0.1, 0.15) is 0 Å². The van der Waals surface area contributed by atoms with Gasteiger partial charge in [0.15, 0.2) is 0 Å². The Morgan fingerprint density at radius 1 is 0.966 bits per heavy atom. The molecule has 0 spiro atoms. The van der Waals surface area contributed by atoms with Crippen LogP contribution in [0.25, 0.3) is 0 Å². The van der Waals surface area contributed by atoms with E-state index in [1.165, 1.54) is 0 Å². The zero-order chi connectivity index (χ0) is 21.7. The van der Waals surface area contributed by atoms with E-state index < -0.39 is 8.80 Å². The van der Waals surface area contributed by atoms with Crippen LogP contribution in [0.15, 0.2) is 0 Å². The summed E-state index contributed by atoms with van der Waals surface area (Å²) in [6.45, 7) is 15.1. The largest absolute Gasteiger partial charge is 0.502 e. The first-order chi connectivity index (χ1) is 13.6. The molecule has 4 N–H and O–H groups in total. The van der Waals surface area contributed by atoms with Gasteiger partial charge in [0, 0.05) is 31.0 Å². The average molecular weight is 430 g/mol. The number of fused-ring (bicyclic) bond motifs is 2. The van der Waals surface area contributed by atoms with Crippen molar-refractivity contribution in [3.05, 3.63) is 0 Å². The fraction of sp³-hybridized carbons (Fsp3) is 0.952. The molecule has 2 heterocycles. The molecule has 8 heteroatoms. The maximum Gasteiger partial charge on any atom is 0.502 e. The fourth-order valence-corrected chi connectivity index (χ4v) is 8.42. The number of nitrogens with one attached hydrogen (secondary N) is 2. The van der Waals surface area contributed by atoms with Crippen molar-refractivity contribution in [3.63, 3.8) is 0 Å². The number of rotatable bonds is 10. The molecule has 0 aromatic carbocycles. The molecule has 2 aliphatic heterocycles. The van der Waals surface area contributed by atoms with Crippen LogP contribution in [0.3, 0.4) is 0 Å². The molecule has 2 fully saturated rings. The molecule has 2 bridgehead atoms. The van der Waals surface area contributed by atoms with Crippen molar-refractivity contribution < 1.29 is 18.1 Å². The molecular weight excluding hydrogens is 386 g/mol. The summed E-state index contributed by atoms with van der Waals surface area (Å²) in [5, 5.41) is 5.85. The van der Waals surface area contributed by atoms with Crippen molar-refractivity contribution >= 4 is 14.8 Å². The van der Waals surface area contributed by atoms with Gasteiger partial charge in [-0.15, -0.1) is 0 Å². The van der Waals surface area contributed by atoms with Gasteiger partial charge in [-0.05, 0) is 53.5 Å². The SMILES string of the molecule is CC1[C@H](C)O[Si]2(CCCNC(=O)NCCCCCCN)OC(C)(C)C(C)[C@@]1(C)O2. The Kier molecular flexibility index (Phi) is 8.56. The summed E-state index contributed by atoms with van der Waals surface area (Å²) < 4.78 is 19.5. The van der Waals surface area contributed by atoms with Crippen LogP contribution in [-0.4, -0.2) is 51.8 Å². The molecular formula is C21H43N3O4Si. The minimum atomic E-state index is -2.79. The Bertz CT molecular complexity index is 550. The second-order valence-corrected chi connectivity index (χ2v) is 12.0. The van der Waals surface area contributed by atoms with Crippen LogP contribution < -0.4 is 16.4 Å². The van der Waals surface area contributed by atoms with Gasteiger partial charge < -0.3 is 29.6 Å². The minimum absolute atomic E-state index is 0.106. The number of amides is 2. The predicted octanol–water partition coefficient (Wildman–Crippen LogP) is 3.41. The van der Waals surface area contributed by atoms with Crippen molar-refractivity contribution in [2.45, 2.75) is 97.0 Å². The minimum Gasteiger partial charge on any atom is -0.370 e. The molecule has 0 saturated carbocycles. The summed E-state index contributed by atoms with van der Waals surface area (Å²) in [6.07, 6.45) is 5.14. The summed E-state index contributed by atoms with van der Waals surface area (Å²) in [6, 6.07) is 0.605. The normalized spacial score (nSPS) is 35.9. The second kappa shape index (κ2) is 10.1. The summed E-state index contributed by atoms with van der Waals surface area (Å²) in [4.78, 5) is 12.0. The first-order valence-corrected chi connectivity index (χ1v) is 13.3. The van der Waals surface area contributed by atoms with Crippen LogP contribution in [0.1, 0.15) is 73.6 Å². The molecule has 0 aliphatic carbocycles. The van der Waals surface area contributed by atoms with Crippen molar-refractivity contribution in [2.75, 3.05) is 19.6 Å². The number of carbonyl (C=O) groups is 1. The molecule has 3 unspecified atom stereocenters. The lowest BCUT2D eigenvalue weighted by molar-refractivity contribution is -0.242. The number of urea groups is 1. The number of hydrogen-bond donors (Lipinski definition) is 3. The Morgan fingerprint density at radius 3 is 2.24 bits per heavy atom. The molecule has 2 amide bonds. The van der Waals surface area contributed by atoms with E-state index in [9.17, 15) is 4.79 Å². The summed E-state index contributed by atoms with van der Waals surface area (Å²) in [5.74, 6) is 0.570. The highest BCUT2D eigenvalue weighted by atomic mass is 28.4. The molecule has 5 atom stereocenters. The highest BCUT2D eigenvalue weighted by Crippen LogP contribution is 2.52. The second-order valence-electron chi connectivity index (χ2n) is 9.50. The molecule has 2 saturated heterocycles. The molecule has 29 heavy (non-hydrogen) atoms. The maximum atomic E-state index is 12.0. The van der Waals surface area contributed by atoms with E-state index in [4.69, 9.17) is 19.0 Å². The topological polar surface area (TPSA) is 94.8 Å². The number of nitrogens with two attached hydrogens (primary N) is 1. The van der Waals surface area contributed by atoms with Crippen molar-refractivity contribution in [3.8, 4) is 0 Å². The number of unbranched alkanes of at least 4 members (excludes halogenated alkanes) is 3. The van der Waals surface area contributed by atoms with Crippen LogP contribution in [0.4, 0.5) is 4.79 Å². The molecule has 7 nitrogen and oxygen atoms in total. The highest BCUT2D eigenvalue weighted by Gasteiger charge is 2.65. The van der Waals surface area contributed by atoms with Gasteiger partial charge in [-0.1, -0.05) is 26.7 Å².